The van der Waals surface area contributed by atoms with Crippen LogP contribution in [0.4, 0.5) is 24.8 Å². The van der Waals surface area contributed by atoms with E-state index in [9.17, 15) is 22.8 Å². The smallest absolute Gasteiger partial charge is 0.353 e. The number of amides is 2. The van der Waals surface area contributed by atoms with Gasteiger partial charge in [0.15, 0.2) is 0 Å². The van der Waals surface area contributed by atoms with Gasteiger partial charge >= 0.3 is 6.18 Å². The fourth-order valence-electron chi connectivity index (χ4n) is 6.61. The Morgan fingerprint density at radius 1 is 1.02 bits per heavy atom. The number of hydrogen-bond donors (Lipinski definition) is 2. The third-order valence-electron chi connectivity index (χ3n) is 9.21. The van der Waals surface area contributed by atoms with Crippen molar-refractivity contribution >= 4 is 23.5 Å². The van der Waals surface area contributed by atoms with Gasteiger partial charge in [0.25, 0.3) is 5.91 Å². The van der Waals surface area contributed by atoms with Crippen LogP contribution in [0.3, 0.4) is 0 Å². The van der Waals surface area contributed by atoms with Gasteiger partial charge in [-0.25, -0.2) is 9.97 Å². The van der Waals surface area contributed by atoms with Crippen molar-refractivity contribution in [2.24, 2.45) is 11.8 Å². The molecular formula is C31H41F3N6O2. The van der Waals surface area contributed by atoms with Crippen molar-refractivity contribution in [3.8, 4) is 0 Å². The number of nitrogens with zero attached hydrogens (tertiary/aromatic N) is 4. The maximum absolute atomic E-state index is 13.8. The van der Waals surface area contributed by atoms with E-state index >= 15 is 0 Å². The summed E-state index contributed by atoms with van der Waals surface area (Å²) in [6.07, 6.45) is 4.44. The molecule has 2 N–H and O–H groups in total. The summed E-state index contributed by atoms with van der Waals surface area (Å²) < 4.78 is 41.5. The van der Waals surface area contributed by atoms with Gasteiger partial charge in [0.1, 0.15) is 0 Å². The fraction of sp³-hybridized carbons (Fsp3) is 0.613. The van der Waals surface area contributed by atoms with Gasteiger partial charge in [-0.3, -0.25) is 9.59 Å². The first kappa shape index (κ1) is 30.3. The molecule has 8 nitrogen and oxygen atoms in total. The van der Waals surface area contributed by atoms with Crippen molar-refractivity contribution in [1.29, 1.82) is 0 Å². The van der Waals surface area contributed by atoms with E-state index in [1.807, 2.05) is 7.05 Å². The zero-order chi connectivity index (χ0) is 29.9. The van der Waals surface area contributed by atoms with Gasteiger partial charge in [0, 0.05) is 42.5 Å². The summed E-state index contributed by atoms with van der Waals surface area (Å²) in [5.41, 5.74) is 0.214. The topological polar surface area (TPSA) is 90.5 Å². The molecule has 3 fully saturated rings. The van der Waals surface area contributed by atoms with Crippen molar-refractivity contribution in [1.82, 2.24) is 25.1 Å². The second kappa shape index (κ2) is 13.0. The molecule has 2 saturated carbocycles. The summed E-state index contributed by atoms with van der Waals surface area (Å²) in [5, 5.41) is 6.13. The molecule has 228 valence electrons. The number of halogens is 3. The molecule has 11 heteroatoms. The van der Waals surface area contributed by atoms with Crippen LogP contribution in [-0.4, -0.2) is 70.9 Å². The van der Waals surface area contributed by atoms with Crippen LogP contribution in [0.25, 0.3) is 0 Å². The first-order valence-electron chi connectivity index (χ1n) is 15.1. The van der Waals surface area contributed by atoms with E-state index in [2.05, 4.69) is 32.5 Å². The monoisotopic (exact) mass is 586 g/mol. The Morgan fingerprint density at radius 3 is 2.38 bits per heavy atom. The molecule has 1 aromatic carbocycles. The molecule has 2 amide bonds. The number of rotatable bonds is 8. The summed E-state index contributed by atoms with van der Waals surface area (Å²) >= 11 is 0. The van der Waals surface area contributed by atoms with Crippen LogP contribution in [0.1, 0.15) is 79.4 Å². The Labute approximate surface area is 245 Å². The number of carbonyl (C=O) groups excluding carboxylic acids is 2. The Morgan fingerprint density at radius 2 is 1.71 bits per heavy atom. The molecule has 0 bridgehead atoms. The van der Waals surface area contributed by atoms with Crippen LogP contribution in [0.5, 0.6) is 0 Å². The molecule has 1 saturated heterocycles. The van der Waals surface area contributed by atoms with Crippen molar-refractivity contribution in [2.75, 3.05) is 32.5 Å². The van der Waals surface area contributed by atoms with Crippen molar-refractivity contribution in [3.05, 3.63) is 47.3 Å². The third kappa shape index (κ3) is 7.40. The normalized spacial score (nSPS) is 22.3. The van der Waals surface area contributed by atoms with Crippen LogP contribution in [0.15, 0.2) is 30.5 Å². The predicted molar refractivity (Wildman–Crippen MR) is 154 cm³/mol. The average Bonchev–Trinajstić information content (AvgIpc) is 3.65. The van der Waals surface area contributed by atoms with Gasteiger partial charge in [-0.15, -0.1) is 0 Å². The average molecular weight is 587 g/mol. The highest BCUT2D eigenvalue weighted by Crippen LogP contribution is 2.37. The number of benzene rings is 1. The number of piperidine rings is 1. The number of alkyl halides is 3. The molecule has 5 rings (SSSR count). The molecule has 42 heavy (non-hydrogen) atoms. The van der Waals surface area contributed by atoms with Gasteiger partial charge in [-0.2, -0.15) is 13.2 Å². The highest BCUT2D eigenvalue weighted by atomic mass is 19.4. The maximum Gasteiger partial charge on any atom is 0.419 e. The number of nitrogens with one attached hydrogen (secondary N) is 2. The zero-order valence-electron chi connectivity index (χ0n) is 24.4. The third-order valence-corrected chi connectivity index (χ3v) is 9.21. The Kier molecular flexibility index (Phi) is 9.35. The zero-order valence-corrected chi connectivity index (χ0v) is 24.4. The van der Waals surface area contributed by atoms with Crippen LogP contribution >= 0.6 is 0 Å². The summed E-state index contributed by atoms with van der Waals surface area (Å²) in [7, 11) is 3.91. The summed E-state index contributed by atoms with van der Waals surface area (Å²) in [6.45, 7) is 1.91. The quantitative estimate of drug-likeness (QED) is 0.429. The Bertz CT molecular complexity index is 1240. The van der Waals surface area contributed by atoms with Gasteiger partial charge in [0.2, 0.25) is 11.9 Å². The molecular weight excluding hydrogens is 545 g/mol. The molecule has 2 atom stereocenters. The minimum Gasteiger partial charge on any atom is -0.353 e. The lowest BCUT2D eigenvalue weighted by Crippen LogP contribution is -2.44. The maximum atomic E-state index is 13.8. The van der Waals surface area contributed by atoms with E-state index in [4.69, 9.17) is 0 Å². The van der Waals surface area contributed by atoms with Crippen molar-refractivity contribution in [2.45, 2.75) is 82.5 Å². The molecule has 0 spiro atoms. The molecule has 0 radical (unpaired) electrons. The number of aromatic nitrogens is 2. The van der Waals surface area contributed by atoms with Crippen LogP contribution in [0, 0.1) is 11.8 Å². The molecule has 0 unspecified atom stereocenters. The highest BCUT2D eigenvalue weighted by molar-refractivity contribution is 5.94. The lowest BCUT2D eigenvalue weighted by molar-refractivity contribution is -0.138. The molecule has 2 heterocycles. The summed E-state index contributed by atoms with van der Waals surface area (Å²) in [6, 6.07) is 7.26. The highest BCUT2D eigenvalue weighted by Gasteiger charge is 2.38. The van der Waals surface area contributed by atoms with E-state index < -0.39 is 11.7 Å². The molecule has 1 aliphatic heterocycles. The van der Waals surface area contributed by atoms with Crippen LogP contribution < -0.4 is 10.6 Å². The minimum atomic E-state index is -4.58. The number of likely N-dealkylation sites (tertiary alicyclic amines) is 1. The number of anilines is 2. The second-order valence-corrected chi connectivity index (χ2v) is 12.3. The van der Waals surface area contributed by atoms with Crippen LogP contribution in [0.2, 0.25) is 0 Å². The lowest BCUT2D eigenvalue weighted by atomic mass is 9.97. The van der Waals surface area contributed by atoms with E-state index in [1.165, 1.54) is 0 Å². The van der Waals surface area contributed by atoms with Gasteiger partial charge < -0.3 is 20.4 Å². The molecule has 2 aliphatic carbocycles. The van der Waals surface area contributed by atoms with E-state index in [0.717, 1.165) is 57.8 Å². The van der Waals surface area contributed by atoms with Gasteiger partial charge in [0.05, 0.1) is 11.3 Å². The largest absolute Gasteiger partial charge is 0.419 e. The standard InChI is InChI=1S/C31H41F3N6O2/c1-39-15-13-25(14-16-39)40(2)29(42)21-9-11-24(12-10-21)37-30-35-19-26(31(32,33)34)27(38-30)18-20-7-8-22(17-20)28(41)36-23-5-3-4-6-23/h9-12,19-20,22-23,25H,3-8,13-18H2,1-2H3,(H,36,41)(H,35,37,38)/t20-,22+/m1/s1. The van der Waals surface area contributed by atoms with Crippen molar-refractivity contribution in [3.63, 3.8) is 0 Å². The Hall–Kier alpha value is -3.21. The minimum absolute atomic E-state index is 0.0324. The predicted octanol–water partition coefficient (Wildman–Crippen LogP) is 5.42. The van der Waals surface area contributed by atoms with Gasteiger partial charge in [-0.05, 0) is 102 Å². The van der Waals surface area contributed by atoms with E-state index in [-0.39, 0.29) is 53.8 Å². The molecule has 1 aromatic heterocycles. The first-order valence-corrected chi connectivity index (χ1v) is 15.1. The van der Waals surface area contributed by atoms with E-state index in [0.29, 0.717) is 30.5 Å². The Balaban J connectivity index is 1.22. The molecule has 3 aliphatic rings. The number of carbonyl (C=O) groups is 2. The fourth-order valence-corrected chi connectivity index (χ4v) is 6.61. The lowest BCUT2D eigenvalue weighted by Gasteiger charge is -2.35. The van der Waals surface area contributed by atoms with Crippen molar-refractivity contribution < 1.29 is 22.8 Å². The number of hydrogen-bond acceptors (Lipinski definition) is 6. The molecule has 2 aromatic rings. The second-order valence-electron chi connectivity index (χ2n) is 12.3. The van der Waals surface area contributed by atoms with Crippen LogP contribution in [-0.2, 0) is 17.4 Å². The summed E-state index contributed by atoms with van der Waals surface area (Å²) in [4.78, 5) is 38.0. The first-order chi connectivity index (χ1) is 20.1. The SMILES string of the molecule is CN1CCC(N(C)C(=O)c2ccc(Nc3ncc(C(F)(F)F)c(C[C@@H]4CC[C@H](C(=O)NC5CCCC5)C4)n3)cc2)CC1. The van der Waals surface area contributed by atoms with Gasteiger partial charge in [-0.1, -0.05) is 12.8 Å². The summed E-state index contributed by atoms with van der Waals surface area (Å²) in [5.74, 6) is -0.181. The van der Waals surface area contributed by atoms with E-state index in [1.54, 1.807) is 29.2 Å².